The number of aryl methyl sites for hydroxylation is 2. The summed E-state index contributed by atoms with van der Waals surface area (Å²) in [4.78, 5) is 16.1. The molecule has 0 atom stereocenters. The van der Waals surface area contributed by atoms with Crippen molar-refractivity contribution in [3.63, 3.8) is 0 Å². The minimum Gasteiger partial charge on any atom is -0.396 e. The molecule has 2 rings (SSSR count). The van der Waals surface area contributed by atoms with E-state index in [0.717, 1.165) is 30.5 Å². The molecule has 0 fully saturated rings. The van der Waals surface area contributed by atoms with Gasteiger partial charge in [-0.15, -0.1) is 0 Å². The van der Waals surface area contributed by atoms with Crippen LogP contribution in [0.3, 0.4) is 0 Å². The van der Waals surface area contributed by atoms with Crippen LogP contribution in [0.4, 0.5) is 0 Å². The van der Waals surface area contributed by atoms with Crippen molar-refractivity contribution in [2.75, 3.05) is 6.61 Å². The average molecular weight is 194 g/mol. The van der Waals surface area contributed by atoms with Crippen LogP contribution in [-0.2, 0) is 19.4 Å². The van der Waals surface area contributed by atoms with Crippen molar-refractivity contribution in [2.24, 2.45) is 0 Å². The van der Waals surface area contributed by atoms with Crippen molar-refractivity contribution < 1.29 is 5.11 Å². The third-order valence-corrected chi connectivity index (χ3v) is 2.62. The maximum atomic E-state index is 11.8. The minimum atomic E-state index is 0.0842. The fourth-order valence-corrected chi connectivity index (χ4v) is 1.87. The Morgan fingerprint density at radius 3 is 3.14 bits per heavy atom. The van der Waals surface area contributed by atoms with Crippen molar-refractivity contribution in [3.05, 3.63) is 27.9 Å². The first-order valence-corrected chi connectivity index (χ1v) is 5.01. The molecule has 0 amide bonds. The summed E-state index contributed by atoms with van der Waals surface area (Å²) in [5, 5.41) is 8.68. The highest BCUT2D eigenvalue weighted by atomic mass is 16.3. The quantitative estimate of drug-likeness (QED) is 0.743. The zero-order chi connectivity index (χ0) is 9.97. The number of aliphatic hydroxyl groups excluding tert-OH is 1. The van der Waals surface area contributed by atoms with E-state index in [1.807, 2.05) is 0 Å². The summed E-state index contributed by atoms with van der Waals surface area (Å²) in [7, 11) is 0. The Kier molecular flexibility index (Phi) is 2.63. The number of nitrogens with zero attached hydrogens (tertiary/aromatic N) is 2. The van der Waals surface area contributed by atoms with E-state index < -0.39 is 0 Å². The Bertz CT molecular complexity index is 384. The molecule has 0 spiro atoms. The van der Waals surface area contributed by atoms with E-state index in [1.165, 1.54) is 0 Å². The molecule has 4 heteroatoms. The summed E-state index contributed by atoms with van der Waals surface area (Å²) in [6.45, 7) is 0.680. The van der Waals surface area contributed by atoms with Crippen molar-refractivity contribution in [3.8, 4) is 0 Å². The number of hydrogen-bond acceptors (Lipinski definition) is 3. The Hall–Kier alpha value is -1.16. The highest BCUT2D eigenvalue weighted by Gasteiger charge is 2.16. The first-order chi connectivity index (χ1) is 6.83. The Morgan fingerprint density at radius 2 is 2.36 bits per heavy atom. The number of aromatic nitrogens is 2. The van der Waals surface area contributed by atoms with Gasteiger partial charge in [-0.25, -0.2) is 4.98 Å². The monoisotopic (exact) mass is 194 g/mol. The highest BCUT2D eigenvalue weighted by molar-refractivity contribution is 5.21. The molecule has 1 aliphatic rings. The van der Waals surface area contributed by atoms with Gasteiger partial charge in [-0.3, -0.25) is 9.36 Å². The van der Waals surface area contributed by atoms with E-state index in [-0.39, 0.29) is 12.2 Å². The van der Waals surface area contributed by atoms with E-state index in [2.05, 4.69) is 4.98 Å². The third-order valence-electron chi connectivity index (χ3n) is 2.62. The molecule has 1 aromatic heterocycles. The summed E-state index contributed by atoms with van der Waals surface area (Å²) in [5.41, 5.74) is 1.93. The lowest BCUT2D eigenvalue weighted by atomic mass is 10.2. The number of hydrogen-bond donors (Lipinski definition) is 1. The second-order valence-corrected chi connectivity index (χ2v) is 3.60. The lowest BCUT2D eigenvalue weighted by molar-refractivity contribution is 0.278. The van der Waals surface area contributed by atoms with Gasteiger partial charge in [-0.2, -0.15) is 0 Å². The fraction of sp³-hybridized carbons (Fsp3) is 0.600. The number of fused-ring (bicyclic) bond motifs is 1. The van der Waals surface area contributed by atoms with Gasteiger partial charge >= 0.3 is 0 Å². The van der Waals surface area contributed by atoms with Crippen LogP contribution in [0.5, 0.6) is 0 Å². The van der Waals surface area contributed by atoms with Crippen molar-refractivity contribution in [2.45, 2.75) is 32.2 Å². The first-order valence-electron chi connectivity index (χ1n) is 5.01. The standard InChI is InChI=1S/C10H14N2O2/c13-6-2-5-12-7-11-9-4-1-3-8(9)10(12)14/h7,13H,1-6H2. The molecule has 0 aromatic carbocycles. The maximum Gasteiger partial charge on any atom is 0.256 e. The summed E-state index contributed by atoms with van der Waals surface area (Å²) >= 11 is 0. The number of rotatable bonds is 3. The van der Waals surface area contributed by atoms with Crippen molar-refractivity contribution in [1.29, 1.82) is 0 Å². The van der Waals surface area contributed by atoms with Gasteiger partial charge in [0.05, 0.1) is 12.0 Å². The molecule has 0 aliphatic heterocycles. The number of aliphatic hydroxyl groups is 1. The van der Waals surface area contributed by atoms with Crippen LogP contribution in [0.25, 0.3) is 0 Å². The largest absolute Gasteiger partial charge is 0.396 e. The second kappa shape index (κ2) is 3.92. The molecule has 0 unspecified atom stereocenters. The molecule has 76 valence electrons. The summed E-state index contributed by atoms with van der Waals surface area (Å²) in [6, 6.07) is 0. The lowest BCUT2D eigenvalue weighted by Gasteiger charge is -2.05. The summed E-state index contributed by atoms with van der Waals surface area (Å²) < 4.78 is 1.60. The Morgan fingerprint density at radius 1 is 1.50 bits per heavy atom. The normalized spacial score (nSPS) is 14.4. The van der Waals surface area contributed by atoms with Gasteiger partial charge in [0.2, 0.25) is 0 Å². The molecule has 1 heterocycles. The van der Waals surface area contributed by atoms with Gasteiger partial charge < -0.3 is 5.11 Å². The maximum absolute atomic E-state index is 11.8. The molecule has 14 heavy (non-hydrogen) atoms. The van der Waals surface area contributed by atoms with E-state index in [9.17, 15) is 4.79 Å². The SMILES string of the molecule is O=c1c2c(ncn1CCCO)CCC2. The predicted octanol–water partition coefficient (Wildman–Crippen LogP) is 0.114. The van der Waals surface area contributed by atoms with Crippen molar-refractivity contribution in [1.82, 2.24) is 9.55 Å². The first kappa shape index (κ1) is 9.40. The molecular weight excluding hydrogens is 180 g/mol. The average Bonchev–Trinajstić information content (AvgIpc) is 2.66. The topological polar surface area (TPSA) is 55.1 Å². The molecule has 0 saturated heterocycles. The fourth-order valence-electron chi connectivity index (χ4n) is 1.87. The van der Waals surface area contributed by atoms with Crippen LogP contribution in [-0.4, -0.2) is 21.3 Å². The van der Waals surface area contributed by atoms with E-state index in [4.69, 9.17) is 5.11 Å². The van der Waals surface area contributed by atoms with Crippen LogP contribution in [0.1, 0.15) is 24.1 Å². The van der Waals surface area contributed by atoms with Crippen LogP contribution in [0.2, 0.25) is 0 Å². The highest BCUT2D eigenvalue weighted by Crippen LogP contribution is 2.14. The van der Waals surface area contributed by atoms with Gasteiger partial charge in [-0.1, -0.05) is 0 Å². The van der Waals surface area contributed by atoms with E-state index >= 15 is 0 Å². The smallest absolute Gasteiger partial charge is 0.256 e. The zero-order valence-electron chi connectivity index (χ0n) is 8.07. The Balaban J connectivity index is 2.31. The molecule has 1 aromatic rings. The predicted molar refractivity (Wildman–Crippen MR) is 52.2 cm³/mol. The minimum absolute atomic E-state index is 0.0842. The molecular formula is C10H14N2O2. The van der Waals surface area contributed by atoms with Gasteiger partial charge in [-0.05, 0) is 25.7 Å². The lowest BCUT2D eigenvalue weighted by Crippen LogP contribution is -2.24. The van der Waals surface area contributed by atoms with E-state index in [0.29, 0.717) is 13.0 Å². The molecule has 0 saturated carbocycles. The molecule has 0 radical (unpaired) electrons. The van der Waals surface area contributed by atoms with E-state index in [1.54, 1.807) is 10.9 Å². The van der Waals surface area contributed by atoms with Gasteiger partial charge in [0.15, 0.2) is 0 Å². The van der Waals surface area contributed by atoms with Crippen molar-refractivity contribution >= 4 is 0 Å². The Labute approximate surface area is 82.2 Å². The van der Waals surface area contributed by atoms with Crippen LogP contribution in [0.15, 0.2) is 11.1 Å². The third kappa shape index (κ3) is 1.57. The van der Waals surface area contributed by atoms with Gasteiger partial charge in [0.1, 0.15) is 0 Å². The zero-order valence-corrected chi connectivity index (χ0v) is 8.07. The van der Waals surface area contributed by atoms with Crippen LogP contribution < -0.4 is 5.56 Å². The second-order valence-electron chi connectivity index (χ2n) is 3.60. The molecule has 0 bridgehead atoms. The summed E-state index contributed by atoms with van der Waals surface area (Å²) in [5.74, 6) is 0. The van der Waals surface area contributed by atoms with Gasteiger partial charge in [0.25, 0.3) is 5.56 Å². The molecule has 4 nitrogen and oxygen atoms in total. The van der Waals surface area contributed by atoms with Gasteiger partial charge in [0, 0.05) is 18.7 Å². The van der Waals surface area contributed by atoms with Crippen LogP contribution in [0, 0.1) is 0 Å². The van der Waals surface area contributed by atoms with Crippen LogP contribution >= 0.6 is 0 Å². The summed E-state index contributed by atoms with van der Waals surface area (Å²) in [6.07, 6.45) is 5.05. The molecule has 1 aliphatic carbocycles. The molecule has 1 N–H and O–H groups in total.